The van der Waals surface area contributed by atoms with Gasteiger partial charge in [-0.15, -0.1) is 0 Å². The maximum absolute atomic E-state index is 12.6. The smallest absolute Gasteiger partial charge is 0.272 e. The molecular weight excluding hydrogens is 290 g/mol. The summed E-state index contributed by atoms with van der Waals surface area (Å²) in [5.41, 5.74) is 0.980. The van der Waals surface area contributed by atoms with Gasteiger partial charge in [0.05, 0.1) is 12.6 Å². The Kier molecular flexibility index (Phi) is 4.30. The fourth-order valence-corrected chi connectivity index (χ4v) is 3.15. The van der Waals surface area contributed by atoms with E-state index < -0.39 is 5.41 Å². The number of aromatic nitrogens is 2. The first-order chi connectivity index (χ1) is 11.1. The number of rotatable bonds is 5. The zero-order valence-electron chi connectivity index (χ0n) is 13.1. The molecule has 0 fully saturated rings. The molecule has 0 saturated heterocycles. The molecule has 23 heavy (non-hydrogen) atoms. The van der Waals surface area contributed by atoms with E-state index in [0.29, 0.717) is 5.69 Å². The van der Waals surface area contributed by atoms with Crippen molar-refractivity contribution < 1.29 is 9.90 Å². The van der Waals surface area contributed by atoms with Crippen molar-refractivity contribution in [1.82, 2.24) is 15.1 Å². The Morgan fingerprint density at radius 1 is 1.30 bits per heavy atom. The average Bonchev–Trinajstić information content (AvgIpc) is 3.23. The van der Waals surface area contributed by atoms with Crippen molar-refractivity contribution in [3.8, 4) is 0 Å². The van der Waals surface area contributed by atoms with Crippen molar-refractivity contribution in [2.75, 3.05) is 6.61 Å². The van der Waals surface area contributed by atoms with Crippen LogP contribution in [0.25, 0.3) is 0 Å². The van der Waals surface area contributed by atoms with Crippen LogP contribution in [0, 0.1) is 5.41 Å². The van der Waals surface area contributed by atoms with E-state index in [1.807, 2.05) is 30.3 Å². The minimum atomic E-state index is -0.397. The lowest BCUT2D eigenvalue weighted by Gasteiger charge is -2.36. The van der Waals surface area contributed by atoms with Gasteiger partial charge in [0, 0.05) is 18.7 Å². The standard InChI is InChI=1S/C18H21N3O2/c1-21-12-9-15(20-21)17(23)19-16(14-7-3-2-4-8-14)18(13-22)10-5-6-11-18/h2-9,12,16,22H,10-11,13H2,1H3,(H,19,23). The predicted octanol–water partition coefficient (Wildman–Crippen LogP) is 2.22. The Labute approximate surface area is 135 Å². The van der Waals surface area contributed by atoms with Gasteiger partial charge in [0.1, 0.15) is 5.69 Å². The molecule has 2 N–H and O–H groups in total. The number of aliphatic hydroxyl groups is 1. The molecule has 0 spiro atoms. The summed E-state index contributed by atoms with van der Waals surface area (Å²) < 4.78 is 1.60. The van der Waals surface area contributed by atoms with Gasteiger partial charge in [-0.2, -0.15) is 5.10 Å². The molecule has 0 aliphatic heterocycles. The second-order valence-electron chi connectivity index (χ2n) is 6.09. The fourth-order valence-electron chi connectivity index (χ4n) is 3.15. The Hall–Kier alpha value is -2.40. The monoisotopic (exact) mass is 311 g/mol. The van der Waals surface area contributed by atoms with E-state index in [9.17, 15) is 9.90 Å². The minimum absolute atomic E-state index is 0.0159. The van der Waals surface area contributed by atoms with E-state index >= 15 is 0 Å². The molecule has 5 nitrogen and oxygen atoms in total. The van der Waals surface area contributed by atoms with Crippen LogP contribution in [0.4, 0.5) is 0 Å². The maximum atomic E-state index is 12.6. The SMILES string of the molecule is Cn1ccc(C(=O)NC(c2ccccc2)C2(CO)CC=CC2)n1. The molecule has 1 aromatic carbocycles. The van der Waals surface area contributed by atoms with Crippen LogP contribution in [-0.4, -0.2) is 27.4 Å². The molecule has 1 atom stereocenters. The molecule has 1 amide bonds. The Morgan fingerprint density at radius 2 is 2.00 bits per heavy atom. The predicted molar refractivity (Wildman–Crippen MR) is 87.8 cm³/mol. The lowest BCUT2D eigenvalue weighted by Crippen LogP contribution is -2.42. The van der Waals surface area contributed by atoms with Crippen LogP contribution in [0.1, 0.15) is 34.9 Å². The molecule has 1 unspecified atom stereocenters. The zero-order chi connectivity index (χ0) is 16.3. The number of carbonyl (C=O) groups excluding carboxylic acids is 1. The number of aliphatic hydroxyl groups excluding tert-OH is 1. The number of hydrogen-bond acceptors (Lipinski definition) is 3. The van der Waals surface area contributed by atoms with Crippen LogP contribution in [0.2, 0.25) is 0 Å². The summed E-state index contributed by atoms with van der Waals surface area (Å²) >= 11 is 0. The molecule has 2 aromatic rings. The van der Waals surface area contributed by atoms with Crippen molar-refractivity contribution >= 4 is 5.91 Å². The lowest BCUT2D eigenvalue weighted by atomic mass is 9.75. The van der Waals surface area contributed by atoms with Gasteiger partial charge in [-0.25, -0.2) is 0 Å². The largest absolute Gasteiger partial charge is 0.396 e. The van der Waals surface area contributed by atoms with Crippen molar-refractivity contribution in [3.05, 3.63) is 66.0 Å². The topological polar surface area (TPSA) is 67.2 Å². The van der Waals surface area contributed by atoms with E-state index in [-0.39, 0.29) is 18.6 Å². The molecule has 3 rings (SSSR count). The van der Waals surface area contributed by atoms with Crippen molar-refractivity contribution in [2.24, 2.45) is 12.5 Å². The molecule has 1 aromatic heterocycles. The summed E-state index contributed by atoms with van der Waals surface area (Å²) in [7, 11) is 1.78. The first-order valence-electron chi connectivity index (χ1n) is 7.76. The lowest BCUT2D eigenvalue weighted by molar-refractivity contribution is 0.0722. The number of aryl methyl sites for hydroxylation is 1. The molecule has 120 valence electrons. The summed E-state index contributed by atoms with van der Waals surface area (Å²) in [6, 6.07) is 11.2. The summed E-state index contributed by atoms with van der Waals surface area (Å²) in [6.07, 6.45) is 7.36. The highest BCUT2D eigenvalue weighted by molar-refractivity contribution is 5.92. The van der Waals surface area contributed by atoms with Crippen LogP contribution in [-0.2, 0) is 7.05 Å². The summed E-state index contributed by atoms with van der Waals surface area (Å²) in [6.45, 7) is 0.0159. The molecule has 1 aliphatic rings. The first kappa shape index (κ1) is 15.5. The van der Waals surface area contributed by atoms with Gasteiger partial charge in [-0.3, -0.25) is 9.48 Å². The number of amides is 1. The minimum Gasteiger partial charge on any atom is -0.396 e. The molecular formula is C18H21N3O2. The van der Waals surface area contributed by atoms with Crippen molar-refractivity contribution in [1.29, 1.82) is 0 Å². The third-order valence-corrected chi connectivity index (χ3v) is 4.50. The van der Waals surface area contributed by atoms with Crippen LogP contribution < -0.4 is 5.32 Å². The van der Waals surface area contributed by atoms with Gasteiger partial charge >= 0.3 is 0 Å². The summed E-state index contributed by atoms with van der Waals surface area (Å²) in [5, 5.41) is 17.3. The quantitative estimate of drug-likeness (QED) is 0.832. The van der Waals surface area contributed by atoms with Crippen LogP contribution in [0.3, 0.4) is 0 Å². The highest BCUT2D eigenvalue weighted by Crippen LogP contribution is 2.44. The summed E-state index contributed by atoms with van der Waals surface area (Å²) in [4.78, 5) is 12.6. The van der Waals surface area contributed by atoms with Crippen molar-refractivity contribution in [2.45, 2.75) is 18.9 Å². The number of carbonyl (C=O) groups is 1. The molecule has 1 heterocycles. The highest BCUT2D eigenvalue weighted by Gasteiger charge is 2.40. The van der Waals surface area contributed by atoms with Gasteiger partial charge in [-0.05, 0) is 24.5 Å². The third-order valence-electron chi connectivity index (χ3n) is 4.50. The molecule has 1 aliphatic carbocycles. The second-order valence-corrected chi connectivity index (χ2v) is 6.09. The zero-order valence-corrected chi connectivity index (χ0v) is 13.1. The number of hydrogen-bond donors (Lipinski definition) is 2. The van der Waals surface area contributed by atoms with E-state index in [1.165, 1.54) is 0 Å². The van der Waals surface area contributed by atoms with E-state index in [2.05, 4.69) is 22.6 Å². The highest BCUT2D eigenvalue weighted by atomic mass is 16.3. The third kappa shape index (κ3) is 3.05. The normalized spacial score (nSPS) is 17.1. The second kappa shape index (κ2) is 6.38. The molecule has 0 saturated carbocycles. The molecule has 0 bridgehead atoms. The van der Waals surface area contributed by atoms with Gasteiger partial charge < -0.3 is 10.4 Å². The van der Waals surface area contributed by atoms with Crippen LogP contribution in [0.15, 0.2) is 54.7 Å². The van der Waals surface area contributed by atoms with Gasteiger partial charge in [0.15, 0.2) is 0 Å². The van der Waals surface area contributed by atoms with Crippen molar-refractivity contribution in [3.63, 3.8) is 0 Å². The Morgan fingerprint density at radius 3 is 2.57 bits per heavy atom. The van der Waals surface area contributed by atoms with Crippen LogP contribution >= 0.6 is 0 Å². The number of benzene rings is 1. The van der Waals surface area contributed by atoms with Gasteiger partial charge in [0.25, 0.3) is 5.91 Å². The first-order valence-corrected chi connectivity index (χ1v) is 7.76. The van der Waals surface area contributed by atoms with Gasteiger partial charge in [-0.1, -0.05) is 42.5 Å². The summed E-state index contributed by atoms with van der Waals surface area (Å²) in [5.74, 6) is -0.223. The average molecular weight is 311 g/mol. The Balaban J connectivity index is 1.91. The fraction of sp³-hybridized carbons (Fsp3) is 0.333. The van der Waals surface area contributed by atoms with E-state index in [1.54, 1.807) is 24.0 Å². The number of allylic oxidation sites excluding steroid dienone is 2. The van der Waals surface area contributed by atoms with E-state index in [4.69, 9.17) is 0 Å². The maximum Gasteiger partial charge on any atom is 0.272 e. The number of nitrogens with one attached hydrogen (secondary N) is 1. The van der Waals surface area contributed by atoms with Gasteiger partial charge in [0.2, 0.25) is 0 Å². The molecule has 5 heteroatoms. The van der Waals surface area contributed by atoms with Crippen LogP contribution in [0.5, 0.6) is 0 Å². The number of nitrogens with zero attached hydrogens (tertiary/aromatic N) is 2. The van der Waals surface area contributed by atoms with E-state index in [0.717, 1.165) is 18.4 Å². The Bertz CT molecular complexity index is 698. The molecule has 0 radical (unpaired) electrons.